The molecule has 0 N–H and O–H groups in total. The van der Waals surface area contributed by atoms with E-state index in [4.69, 9.17) is 24.4 Å². The fourth-order valence-corrected chi connectivity index (χ4v) is 7.10. The number of nitrogens with zero attached hydrogens (tertiary/aromatic N) is 5. The van der Waals surface area contributed by atoms with Crippen LogP contribution >= 0.6 is 0 Å². The molecular formula is C46H29N5O. The van der Waals surface area contributed by atoms with E-state index in [1.165, 1.54) is 10.8 Å². The second-order valence-corrected chi connectivity index (χ2v) is 12.7. The molecule has 0 spiro atoms. The van der Waals surface area contributed by atoms with E-state index < -0.39 is 0 Å². The van der Waals surface area contributed by atoms with Crippen molar-refractivity contribution in [3.63, 3.8) is 0 Å². The average molecular weight is 668 g/mol. The lowest BCUT2D eigenvalue weighted by Crippen LogP contribution is -2.02. The molecule has 244 valence electrons. The van der Waals surface area contributed by atoms with Crippen molar-refractivity contribution in [3.05, 3.63) is 176 Å². The lowest BCUT2D eigenvalue weighted by atomic mass is 9.99. The first kappa shape index (κ1) is 29.7. The lowest BCUT2D eigenvalue weighted by Gasteiger charge is -2.15. The number of benzene rings is 7. The summed E-state index contributed by atoms with van der Waals surface area (Å²) in [5.41, 5.74) is 10.3. The molecule has 6 nitrogen and oxygen atoms in total. The zero-order valence-corrected chi connectivity index (χ0v) is 27.9. The van der Waals surface area contributed by atoms with Crippen LogP contribution in [-0.4, -0.2) is 24.5 Å². The molecule has 10 rings (SSSR count). The van der Waals surface area contributed by atoms with Gasteiger partial charge in [-0.25, -0.2) is 19.9 Å². The first-order valence-electron chi connectivity index (χ1n) is 17.2. The fraction of sp³-hybridized carbons (Fsp3) is 0. The standard InChI is InChI=1S/C46H29N5O/c1-3-15-30(16-4-1)33-19-7-8-22-36(33)45-49-43(31-17-5-2-6-18-31)48-44(50-45)32-27-28-41(37(29-32)46-47-38-23-11-14-26-42(38)52-46)51-39-24-12-9-20-34(39)35-21-10-13-25-40(35)51/h1-29H. The molecule has 52 heavy (non-hydrogen) atoms. The first-order chi connectivity index (χ1) is 25.8. The van der Waals surface area contributed by atoms with Gasteiger partial charge in [0.05, 0.1) is 22.3 Å². The average Bonchev–Trinajstić information content (AvgIpc) is 3.81. The maximum Gasteiger partial charge on any atom is 0.229 e. The van der Waals surface area contributed by atoms with Crippen LogP contribution in [0.4, 0.5) is 0 Å². The minimum atomic E-state index is 0.520. The van der Waals surface area contributed by atoms with Crippen LogP contribution in [0.15, 0.2) is 180 Å². The predicted molar refractivity (Wildman–Crippen MR) is 209 cm³/mol. The molecule has 3 aromatic heterocycles. The third-order valence-corrected chi connectivity index (χ3v) is 9.52. The summed E-state index contributed by atoms with van der Waals surface area (Å²) in [6, 6.07) is 59.8. The van der Waals surface area contributed by atoms with Crippen molar-refractivity contribution in [2.45, 2.75) is 0 Å². The van der Waals surface area contributed by atoms with Crippen LogP contribution in [0.5, 0.6) is 0 Å². The number of rotatable bonds is 6. The van der Waals surface area contributed by atoms with Crippen LogP contribution in [0, 0.1) is 0 Å². The fourth-order valence-electron chi connectivity index (χ4n) is 7.10. The first-order valence-corrected chi connectivity index (χ1v) is 17.2. The quantitative estimate of drug-likeness (QED) is 0.176. The molecule has 0 radical (unpaired) electrons. The highest BCUT2D eigenvalue weighted by Crippen LogP contribution is 2.39. The van der Waals surface area contributed by atoms with Gasteiger partial charge >= 0.3 is 0 Å². The van der Waals surface area contributed by atoms with E-state index in [-0.39, 0.29) is 0 Å². The van der Waals surface area contributed by atoms with Crippen molar-refractivity contribution < 1.29 is 4.42 Å². The minimum Gasteiger partial charge on any atom is -0.436 e. The summed E-state index contributed by atoms with van der Waals surface area (Å²) in [7, 11) is 0. The third kappa shape index (κ3) is 5.05. The van der Waals surface area contributed by atoms with Gasteiger partial charge < -0.3 is 8.98 Å². The van der Waals surface area contributed by atoms with E-state index >= 15 is 0 Å². The molecule has 0 bridgehead atoms. The van der Waals surface area contributed by atoms with Gasteiger partial charge in [-0.1, -0.05) is 133 Å². The van der Waals surface area contributed by atoms with Crippen LogP contribution in [0.3, 0.4) is 0 Å². The minimum absolute atomic E-state index is 0.520. The Kier molecular flexibility index (Phi) is 7.03. The Bertz CT molecular complexity index is 2820. The van der Waals surface area contributed by atoms with Crippen LogP contribution in [0.25, 0.3) is 95.3 Å². The summed E-state index contributed by atoms with van der Waals surface area (Å²) in [4.78, 5) is 20.3. The van der Waals surface area contributed by atoms with Gasteiger partial charge in [-0.05, 0) is 53.6 Å². The van der Waals surface area contributed by atoms with Gasteiger partial charge in [0.1, 0.15) is 5.52 Å². The number of aromatic nitrogens is 5. The van der Waals surface area contributed by atoms with Gasteiger partial charge in [-0.15, -0.1) is 0 Å². The molecule has 7 aromatic carbocycles. The predicted octanol–water partition coefficient (Wildman–Crippen LogP) is 11.4. The summed E-state index contributed by atoms with van der Waals surface area (Å²) >= 11 is 0. The van der Waals surface area contributed by atoms with Crippen LogP contribution in [-0.2, 0) is 0 Å². The molecule has 0 unspecified atom stereocenters. The smallest absolute Gasteiger partial charge is 0.229 e. The highest BCUT2D eigenvalue weighted by molar-refractivity contribution is 6.09. The van der Waals surface area contributed by atoms with Crippen molar-refractivity contribution in [1.29, 1.82) is 0 Å². The summed E-state index contributed by atoms with van der Waals surface area (Å²) in [6.07, 6.45) is 0. The maximum absolute atomic E-state index is 6.48. The number of oxazole rings is 1. The summed E-state index contributed by atoms with van der Waals surface area (Å²) < 4.78 is 8.78. The maximum atomic E-state index is 6.48. The molecule has 0 aliphatic rings. The van der Waals surface area contributed by atoms with Crippen molar-refractivity contribution in [1.82, 2.24) is 24.5 Å². The Morgan fingerprint density at radius 3 is 1.65 bits per heavy atom. The Morgan fingerprint density at radius 1 is 0.385 bits per heavy atom. The molecule has 3 heterocycles. The van der Waals surface area contributed by atoms with E-state index in [9.17, 15) is 0 Å². The molecular weight excluding hydrogens is 639 g/mol. The van der Waals surface area contributed by atoms with Gasteiger partial charge in [0.15, 0.2) is 23.1 Å². The molecule has 0 saturated heterocycles. The van der Waals surface area contributed by atoms with E-state index in [1.54, 1.807) is 0 Å². The monoisotopic (exact) mass is 667 g/mol. The van der Waals surface area contributed by atoms with Gasteiger partial charge in [-0.2, -0.15) is 0 Å². The van der Waals surface area contributed by atoms with E-state index in [2.05, 4.69) is 95.6 Å². The van der Waals surface area contributed by atoms with Gasteiger partial charge in [0.25, 0.3) is 0 Å². The Morgan fingerprint density at radius 2 is 0.942 bits per heavy atom. The van der Waals surface area contributed by atoms with Crippen molar-refractivity contribution in [3.8, 4) is 62.4 Å². The second kappa shape index (κ2) is 12.3. The Balaban J connectivity index is 1.23. The van der Waals surface area contributed by atoms with Gasteiger partial charge in [0, 0.05) is 27.5 Å². The highest BCUT2D eigenvalue weighted by Gasteiger charge is 2.21. The number of para-hydroxylation sites is 4. The van der Waals surface area contributed by atoms with Crippen LogP contribution in [0.2, 0.25) is 0 Å². The van der Waals surface area contributed by atoms with Crippen LogP contribution in [0.1, 0.15) is 0 Å². The molecule has 0 amide bonds. The molecule has 0 aliphatic carbocycles. The number of hydrogen-bond acceptors (Lipinski definition) is 5. The zero-order valence-electron chi connectivity index (χ0n) is 27.9. The highest BCUT2D eigenvalue weighted by atomic mass is 16.3. The third-order valence-electron chi connectivity index (χ3n) is 9.52. The summed E-state index contributed by atoms with van der Waals surface area (Å²) in [5.74, 6) is 2.27. The summed E-state index contributed by atoms with van der Waals surface area (Å²) in [6.45, 7) is 0. The van der Waals surface area contributed by atoms with Crippen molar-refractivity contribution in [2.24, 2.45) is 0 Å². The van der Waals surface area contributed by atoms with E-state index in [0.717, 1.165) is 61.2 Å². The van der Waals surface area contributed by atoms with E-state index in [0.29, 0.717) is 23.4 Å². The Labute approximate surface area is 299 Å². The second-order valence-electron chi connectivity index (χ2n) is 12.7. The Hall–Kier alpha value is -7.18. The van der Waals surface area contributed by atoms with Crippen molar-refractivity contribution >= 4 is 32.9 Å². The van der Waals surface area contributed by atoms with Crippen molar-refractivity contribution in [2.75, 3.05) is 0 Å². The van der Waals surface area contributed by atoms with Crippen LogP contribution < -0.4 is 0 Å². The largest absolute Gasteiger partial charge is 0.436 e. The molecule has 0 aliphatic heterocycles. The topological polar surface area (TPSA) is 69.6 Å². The zero-order chi connectivity index (χ0) is 34.4. The molecule has 0 atom stereocenters. The van der Waals surface area contributed by atoms with E-state index in [1.807, 2.05) is 84.9 Å². The SMILES string of the molecule is c1ccc(-c2nc(-c3ccc(-n4c5ccccc5c5ccccc54)c(-c4nc5ccccc5o4)c3)nc(-c3ccccc3-c3ccccc3)n2)cc1. The summed E-state index contributed by atoms with van der Waals surface area (Å²) in [5, 5.41) is 2.36. The van der Waals surface area contributed by atoms with Gasteiger partial charge in [-0.3, -0.25) is 0 Å². The molecule has 6 heteroatoms. The molecule has 0 fully saturated rings. The number of fused-ring (bicyclic) bond motifs is 4. The van der Waals surface area contributed by atoms with Gasteiger partial charge in [0.2, 0.25) is 5.89 Å². The molecule has 10 aromatic rings. The normalized spacial score (nSPS) is 11.5. The lowest BCUT2D eigenvalue weighted by molar-refractivity contribution is 0.619. The number of hydrogen-bond donors (Lipinski definition) is 0. The molecule has 0 saturated carbocycles.